The van der Waals surface area contributed by atoms with Crippen LogP contribution in [0.1, 0.15) is 57.7 Å². The molecule has 0 unspecified atom stereocenters. The lowest BCUT2D eigenvalue weighted by Crippen LogP contribution is -2.60. The van der Waals surface area contributed by atoms with Crippen LogP contribution in [0, 0.1) is 6.92 Å². The van der Waals surface area contributed by atoms with Crippen LogP contribution < -0.4 is 10.1 Å². The number of rotatable bonds is 6. The third-order valence-corrected chi connectivity index (χ3v) is 7.96. The van der Waals surface area contributed by atoms with Crippen molar-refractivity contribution < 1.29 is 23.9 Å². The van der Waals surface area contributed by atoms with Crippen molar-refractivity contribution in [3.05, 3.63) is 101 Å². The Morgan fingerprint density at radius 3 is 2.35 bits per heavy atom. The minimum absolute atomic E-state index is 0.0921. The average Bonchev–Trinajstić information content (AvgIpc) is 3.36. The Labute approximate surface area is 234 Å². The summed E-state index contributed by atoms with van der Waals surface area (Å²) in [6.45, 7) is 4.69. The number of nitrogens with zero attached hydrogens (tertiary/aromatic N) is 2. The van der Waals surface area contributed by atoms with Gasteiger partial charge in [0, 0.05) is 37.1 Å². The van der Waals surface area contributed by atoms with Crippen molar-refractivity contribution in [2.45, 2.75) is 44.5 Å². The van der Waals surface area contributed by atoms with Gasteiger partial charge < -0.3 is 19.7 Å². The van der Waals surface area contributed by atoms with Crippen LogP contribution in [-0.2, 0) is 9.53 Å². The van der Waals surface area contributed by atoms with Gasteiger partial charge in [-0.25, -0.2) is 0 Å². The van der Waals surface area contributed by atoms with Crippen LogP contribution in [0.25, 0.3) is 0 Å². The van der Waals surface area contributed by atoms with E-state index in [4.69, 9.17) is 9.47 Å². The lowest BCUT2D eigenvalue weighted by atomic mass is 9.95. The van der Waals surface area contributed by atoms with Crippen molar-refractivity contribution in [2.75, 3.05) is 26.8 Å². The van der Waals surface area contributed by atoms with Gasteiger partial charge in [0.1, 0.15) is 17.5 Å². The number of ether oxygens (including phenoxy) is 2. The van der Waals surface area contributed by atoms with E-state index < -0.39 is 11.8 Å². The zero-order chi connectivity index (χ0) is 28.3. The third-order valence-electron chi connectivity index (χ3n) is 7.96. The molecule has 2 aliphatic rings. The largest absolute Gasteiger partial charge is 0.497 e. The maximum Gasteiger partial charge on any atom is 0.257 e. The maximum atomic E-state index is 14.1. The van der Waals surface area contributed by atoms with Crippen LogP contribution >= 0.6 is 0 Å². The number of hydrogen-bond acceptors (Lipinski definition) is 5. The molecule has 3 amide bonds. The molecule has 208 valence electrons. The lowest BCUT2D eigenvalue weighted by molar-refractivity contribution is -0.128. The molecule has 40 heavy (non-hydrogen) atoms. The van der Waals surface area contributed by atoms with Crippen molar-refractivity contribution in [2.24, 2.45) is 0 Å². The Morgan fingerprint density at radius 2 is 1.65 bits per heavy atom. The number of benzene rings is 3. The van der Waals surface area contributed by atoms with Crippen molar-refractivity contribution in [1.29, 1.82) is 0 Å². The maximum absolute atomic E-state index is 14.1. The number of amides is 3. The zero-order valence-electron chi connectivity index (χ0n) is 23.1. The Morgan fingerprint density at radius 1 is 0.950 bits per heavy atom. The molecule has 0 bridgehead atoms. The van der Waals surface area contributed by atoms with E-state index in [9.17, 15) is 14.4 Å². The number of aryl methyl sites for hydroxylation is 1. The molecule has 3 aromatic rings. The van der Waals surface area contributed by atoms with E-state index >= 15 is 0 Å². The minimum atomic E-state index is -0.984. The summed E-state index contributed by atoms with van der Waals surface area (Å²) in [5.74, 6) is 0.0160. The third kappa shape index (κ3) is 5.31. The number of carbonyl (C=O) groups excluding carboxylic acids is 3. The van der Waals surface area contributed by atoms with Crippen LogP contribution in [0.15, 0.2) is 78.9 Å². The summed E-state index contributed by atoms with van der Waals surface area (Å²) in [6.07, 6.45) is 0.802. The number of piperidine rings is 1. The first kappa shape index (κ1) is 27.4. The second-order valence-electron chi connectivity index (χ2n) is 10.4. The van der Waals surface area contributed by atoms with Gasteiger partial charge in [-0.1, -0.05) is 54.6 Å². The summed E-state index contributed by atoms with van der Waals surface area (Å²) in [4.78, 5) is 44.4. The van der Waals surface area contributed by atoms with E-state index in [1.165, 1.54) is 0 Å². The molecule has 8 nitrogen and oxygen atoms in total. The molecule has 2 saturated heterocycles. The molecule has 0 saturated carbocycles. The quantitative estimate of drug-likeness (QED) is 0.501. The second-order valence-corrected chi connectivity index (χ2v) is 10.4. The summed E-state index contributed by atoms with van der Waals surface area (Å²) < 4.78 is 11.6. The van der Waals surface area contributed by atoms with Gasteiger partial charge >= 0.3 is 0 Å². The Hall–Kier alpha value is -4.17. The zero-order valence-corrected chi connectivity index (χ0v) is 23.1. The van der Waals surface area contributed by atoms with Crippen molar-refractivity contribution in [1.82, 2.24) is 15.1 Å². The Kier molecular flexibility index (Phi) is 7.89. The Balaban J connectivity index is 1.38. The Bertz CT molecular complexity index is 1380. The van der Waals surface area contributed by atoms with Gasteiger partial charge in [-0.15, -0.1) is 0 Å². The van der Waals surface area contributed by atoms with Gasteiger partial charge in [0.05, 0.1) is 19.8 Å². The molecule has 5 rings (SSSR count). The SMILES string of the molecule is COc1cccc(C(=O)N2CCC3(CC2)OC[C@H](C(=O)N[C@@H](C)c2ccccc2)N3C(=O)c2ccccc2C)c1. The molecule has 0 aliphatic carbocycles. The molecule has 1 N–H and O–H groups in total. The molecular formula is C32H35N3O5. The number of methoxy groups -OCH3 is 1. The molecule has 1 spiro atoms. The topological polar surface area (TPSA) is 88.2 Å². The van der Waals surface area contributed by atoms with Crippen molar-refractivity contribution in [3.8, 4) is 5.75 Å². The number of likely N-dealkylation sites (tertiary alicyclic amines) is 1. The van der Waals surface area contributed by atoms with E-state index in [2.05, 4.69) is 5.32 Å². The second kappa shape index (κ2) is 11.5. The first-order valence-corrected chi connectivity index (χ1v) is 13.6. The van der Waals surface area contributed by atoms with Gasteiger partial charge in [0.15, 0.2) is 0 Å². The highest BCUT2D eigenvalue weighted by molar-refractivity contribution is 5.99. The van der Waals surface area contributed by atoms with Gasteiger partial charge in [-0.3, -0.25) is 19.3 Å². The molecule has 8 heteroatoms. The normalized spacial score (nSPS) is 18.8. The molecule has 2 atom stereocenters. The summed E-state index contributed by atoms with van der Waals surface area (Å²) >= 11 is 0. The van der Waals surface area contributed by atoms with E-state index in [-0.39, 0.29) is 30.4 Å². The fraction of sp³-hybridized carbons (Fsp3) is 0.344. The highest BCUT2D eigenvalue weighted by atomic mass is 16.5. The first-order valence-electron chi connectivity index (χ1n) is 13.6. The monoisotopic (exact) mass is 541 g/mol. The smallest absolute Gasteiger partial charge is 0.257 e. The van der Waals surface area contributed by atoms with Crippen LogP contribution in [0.3, 0.4) is 0 Å². The predicted octanol–water partition coefficient (Wildman–Crippen LogP) is 4.35. The van der Waals surface area contributed by atoms with Crippen LogP contribution in [0.5, 0.6) is 5.75 Å². The summed E-state index contributed by atoms with van der Waals surface area (Å²) in [6, 6.07) is 23.2. The predicted molar refractivity (Wildman–Crippen MR) is 151 cm³/mol. The highest BCUT2D eigenvalue weighted by Gasteiger charge is 2.54. The van der Waals surface area contributed by atoms with E-state index in [0.717, 1.165) is 11.1 Å². The molecule has 2 aliphatic heterocycles. The standard InChI is InChI=1S/C32H35N3O5/c1-22-10-7-8-15-27(22)31(38)35-28(29(36)33-23(2)24-11-5-4-6-12-24)21-40-32(35)16-18-34(19-17-32)30(37)25-13-9-14-26(20-25)39-3/h4-15,20,23,28H,16-19,21H2,1-3H3,(H,33,36)/t23-,28+/m0/s1. The fourth-order valence-corrected chi connectivity index (χ4v) is 5.64. The highest BCUT2D eigenvalue weighted by Crippen LogP contribution is 2.39. The average molecular weight is 542 g/mol. The van der Waals surface area contributed by atoms with Gasteiger partial charge in [0.25, 0.3) is 11.8 Å². The number of hydrogen-bond donors (Lipinski definition) is 1. The molecular weight excluding hydrogens is 506 g/mol. The number of carbonyl (C=O) groups is 3. The summed E-state index contributed by atoms with van der Waals surface area (Å²) in [5, 5.41) is 3.08. The van der Waals surface area contributed by atoms with Crippen molar-refractivity contribution in [3.63, 3.8) is 0 Å². The van der Waals surface area contributed by atoms with Gasteiger partial charge in [-0.2, -0.15) is 0 Å². The molecule has 0 aromatic heterocycles. The van der Waals surface area contributed by atoms with Gasteiger partial charge in [0.2, 0.25) is 5.91 Å². The molecule has 3 aromatic carbocycles. The first-order chi connectivity index (χ1) is 19.3. The fourth-order valence-electron chi connectivity index (χ4n) is 5.64. The number of nitrogens with one attached hydrogen (secondary N) is 1. The van der Waals surface area contributed by atoms with Crippen molar-refractivity contribution >= 4 is 17.7 Å². The molecule has 2 heterocycles. The van der Waals surface area contributed by atoms with E-state index in [1.54, 1.807) is 47.2 Å². The minimum Gasteiger partial charge on any atom is -0.497 e. The van der Waals surface area contributed by atoms with Crippen LogP contribution in [0.2, 0.25) is 0 Å². The van der Waals surface area contributed by atoms with Crippen LogP contribution in [0.4, 0.5) is 0 Å². The molecule has 0 radical (unpaired) electrons. The van der Waals surface area contributed by atoms with Crippen LogP contribution in [-0.4, -0.2) is 66.1 Å². The molecule has 2 fully saturated rings. The lowest BCUT2D eigenvalue weighted by Gasteiger charge is -2.44. The van der Waals surface area contributed by atoms with Gasteiger partial charge in [-0.05, 0) is 49.2 Å². The summed E-state index contributed by atoms with van der Waals surface area (Å²) in [5.41, 5.74) is 1.91. The summed E-state index contributed by atoms with van der Waals surface area (Å²) in [7, 11) is 1.57. The van der Waals surface area contributed by atoms with E-state index in [0.29, 0.717) is 42.8 Å². The van der Waals surface area contributed by atoms with E-state index in [1.807, 2.05) is 62.4 Å².